The van der Waals surface area contributed by atoms with E-state index in [4.69, 9.17) is 4.52 Å². The predicted octanol–water partition coefficient (Wildman–Crippen LogP) is 2.84. The van der Waals surface area contributed by atoms with Gasteiger partial charge < -0.3 is 4.52 Å². The van der Waals surface area contributed by atoms with Gasteiger partial charge in [0.2, 0.25) is 5.89 Å². The van der Waals surface area contributed by atoms with Gasteiger partial charge in [-0.15, -0.1) is 0 Å². The van der Waals surface area contributed by atoms with E-state index < -0.39 is 0 Å². The van der Waals surface area contributed by atoms with E-state index in [0.717, 1.165) is 12.2 Å². The molecular formula is C14H17N5OS. The van der Waals surface area contributed by atoms with E-state index in [1.165, 1.54) is 11.8 Å². The summed E-state index contributed by atoms with van der Waals surface area (Å²) in [6.07, 6.45) is 0.795. The van der Waals surface area contributed by atoms with Gasteiger partial charge in [-0.1, -0.05) is 30.8 Å². The van der Waals surface area contributed by atoms with Crippen molar-refractivity contribution in [3.8, 4) is 6.07 Å². The molecule has 0 radical (unpaired) electrons. The summed E-state index contributed by atoms with van der Waals surface area (Å²) < 4.78 is 5.21. The standard InChI is InChI=1S/C14H17N5OS/c1-8(2)5-12-18-13(20-19-12)7-21-14-11(6-15)9(3)16-10(4)17-14/h8H,5,7H2,1-4H3. The average Bonchev–Trinajstić information content (AvgIpc) is 2.82. The van der Waals surface area contributed by atoms with E-state index in [-0.39, 0.29) is 0 Å². The minimum Gasteiger partial charge on any atom is -0.338 e. The fourth-order valence-electron chi connectivity index (χ4n) is 1.84. The van der Waals surface area contributed by atoms with Gasteiger partial charge in [-0.25, -0.2) is 9.97 Å². The molecule has 0 atom stereocenters. The predicted molar refractivity (Wildman–Crippen MR) is 78.6 cm³/mol. The maximum Gasteiger partial charge on any atom is 0.237 e. The zero-order valence-electron chi connectivity index (χ0n) is 12.5. The first-order valence-electron chi connectivity index (χ1n) is 6.69. The summed E-state index contributed by atoms with van der Waals surface area (Å²) in [5.41, 5.74) is 1.20. The number of rotatable bonds is 5. The van der Waals surface area contributed by atoms with Crippen molar-refractivity contribution in [3.05, 3.63) is 28.8 Å². The summed E-state index contributed by atoms with van der Waals surface area (Å²) in [6, 6.07) is 2.15. The van der Waals surface area contributed by atoms with Crippen molar-refractivity contribution >= 4 is 11.8 Å². The van der Waals surface area contributed by atoms with E-state index >= 15 is 0 Å². The lowest BCUT2D eigenvalue weighted by Crippen LogP contribution is -1.99. The van der Waals surface area contributed by atoms with Crippen molar-refractivity contribution in [1.82, 2.24) is 20.1 Å². The highest BCUT2D eigenvalue weighted by Crippen LogP contribution is 2.25. The van der Waals surface area contributed by atoms with Crippen LogP contribution in [0.4, 0.5) is 0 Å². The van der Waals surface area contributed by atoms with Gasteiger partial charge in [0.25, 0.3) is 0 Å². The van der Waals surface area contributed by atoms with Gasteiger partial charge in [-0.3, -0.25) is 0 Å². The maximum atomic E-state index is 9.20. The molecule has 0 aliphatic carbocycles. The Bertz CT molecular complexity index is 674. The van der Waals surface area contributed by atoms with Crippen molar-refractivity contribution < 1.29 is 4.52 Å². The molecule has 2 rings (SSSR count). The first-order chi connectivity index (χ1) is 9.99. The van der Waals surface area contributed by atoms with Gasteiger partial charge in [0.1, 0.15) is 22.5 Å². The quantitative estimate of drug-likeness (QED) is 0.619. The number of nitrogens with zero attached hydrogens (tertiary/aromatic N) is 5. The molecule has 0 N–H and O–H groups in total. The Balaban J connectivity index is 2.10. The van der Waals surface area contributed by atoms with Gasteiger partial charge >= 0.3 is 0 Å². The molecule has 0 aromatic carbocycles. The van der Waals surface area contributed by atoms with E-state index in [9.17, 15) is 5.26 Å². The van der Waals surface area contributed by atoms with Crippen LogP contribution in [-0.4, -0.2) is 20.1 Å². The lowest BCUT2D eigenvalue weighted by molar-refractivity contribution is 0.382. The number of thioether (sulfide) groups is 1. The van der Waals surface area contributed by atoms with Crippen LogP contribution in [-0.2, 0) is 12.2 Å². The second kappa shape index (κ2) is 6.68. The van der Waals surface area contributed by atoms with Crippen LogP contribution in [0.3, 0.4) is 0 Å². The number of nitriles is 1. The molecule has 7 heteroatoms. The molecule has 110 valence electrons. The topological polar surface area (TPSA) is 88.5 Å². The van der Waals surface area contributed by atoms with Gasteiger partial charge in [0.15, 0.2) is 5.82 Å². The number of hydrogen-bond acceptors (Lipinski definition) is 7. The van der Waals surface area contributed by atoms with Crippen LogP contribution in [0.15, 0.2) is 9.55 Å². The third-order valence-corrected chi connectivity index (χ3v) is 3.67. The molecule has 0 aliphatic heterocycles. The molecule has 0 saturated heterocycles. The number of aryl methyl sites for hydroxylation is 2. The minimum atomic E-state index is 0.487. The van der Waals surface area contributed by atoms with Crippen LogP contribution in [0.2, 0.25) is 0 Å². The summed E-state index contributed by atoms with van der Waals surface area (Å²) in [5.74, 6) is 2.90. The highest BCUT2D eigenvalue weighted by molar-refractivity contribution is 7.98. The largest absolute Gasteiger partial charge is 0.338 e. The van der Waals surface area contributed by atoms with Crippen LogP contribution in [0.5, 0.6) is 0 Å². The van der Waals surface area contributed by atoms with Crippen molar-refractivity contribution in [3.63, 3.8) is 0 Å². The van der Waals surface area contributed by atoms with Crippen LogP contribution < -0.4 is 0 Å². The molecule has 0 bridgehead atoms. The summed E-state index contributed by atoms with van der Waals surface area (Å²) >= 11 is 1.42. The molecule has 0 fully saturated rings. The number of hydrogen-bond donors (Lipinski definition) is 0. The number of aromatic nitrogens is 4. The zero-order valence-corrected chi connectivity index (χ0v) is 13.4. The lowest BCUT2D eigenvalue weighted by Gasteiger charge is -2.04. The van der Waals surface area contributed by atoms with Crippen LogP contribution in [0.1, 0.15) is 42.6 Å². The molecule has 2 aromatic heterocycles. The maximum absolute atomic E-state index is 9.20. The fourth-order valence-corrected chi connectivity index (χ4v) is 2.75. The summed E-state index contributed by atoms with van der Waals surface area (Å²) in [5, 5.41) is 13.8. The molecule has 0 saturated carbocycles. The second-order valence-electron chi connectivity index (χ2n) is 5.14. The molecule has 0 unspecified atom stereocenters. The smallest absolute Gasteiger partial charge is 0.237 e. The molecule has 0 amide bonds. The molecule has 2 aromatic rings. The van der Waals surface area contributed by atoms with E-state index in [1.807, 2.05) is 13.8 Å². The Morgan fingerprint density at radius 2 is 2.00 bits per heavy atom. The first kappa shape index (κ1) is 15.4. The summed E-state index contributed by atoms with van der Waals surface area (Å²) in [4.78, 5) is 12.9. The molecule has 6 nitrogen and oxygen atoms in total. The summed E-state index contributed by atoms with van der Waals surface area (Å²) in [6.45, 7) is 7.84. The highest BCUT2D eigenvalue weighted by atomic mass is 32.2. The van der Waals surface area contributed by atoms with E-state index in [0.29, 0.717) is 39.7 Å². The van der Waals surface area contributed by atoms with E-state index in [1.54, 1.807) is 0 Å². The summed E-state index contributed by atoms with van der Waals surface area (Å²) in [7, 11) is 0. The van der Waals surface area contributed by atoms with Gasteiger partial charge in [0, 0.05) is 6.42 Å². The van der Waals surface area contributed by atoms with E-state index in [2.05, 4.69) is 40.0 Å². The van der Waals surface area contributed by atoms with Crippen molar-refractivity contribution in [2.24, 2.45) is 5.92 Å². The highest BCUT2D eigenvalue weighted by Gasteiger charge is 2.13. The molecule has 21 heavy (non-hydrogen) atoms. The SMILES string of the molecule is Cc1nc(C)c(C#N)c(SCc2nc(CC(C)C)no2)n1. The fraction of sp³-hybridized carbons (Fsp3) is 0.500. The third kappa shape index (κ3) is 4.02. The van der Waals surface area contributed by atoms with Crippen molar-refractivity contribution in [2.75, 3.05) is 0 Å². The van der Waals surface area contributed by atoms with Gasteiger partial charge in [-0.2, -0.15) is 10.2 Å². The first-order valence-corrected chi connectivity index (χ1v) is 7.67. The van der Waals surface area contributed by atoms with Gasteiger partial charge in [0.05, 0.1) is 11.4 Å². The minimum absolute atomic E-state index is 0.487. The van der Waals surface area contributed by atoms with Crippen molar-refractivity contribution in [1.29, 1.82) is 5.26 Å². The zero-order chi connectivity index (χ0) is 15.4. The van der Waals surface area contributed by atoms with Crippen LogP contribution in [0.25, 0.3) is 0 Å². The normalized spacial score (nSPS) is 10.9. The van der Waals surface area contributed by atoms with Crippen LogP contribution >= 0.6 is 11.8 Å². The van der Waals surface area contributed by atoms with Crippen LogP contribution in [0, 0.1) is 31.1 Å². The Labute approximate surface area is 128 Å². The molecular weight excluding hydrogens is 286 g/mol. The Morgan fingerprint density at radius 3 is 2.67 bits per heavy atom. The molecule has 0 spiro atoms. The Hall–Kier alpha value is -1.94. The molecule has 2 heterocycles. The Morgan fingerprint density at radius 1 is 1.24 bits per heavy atom. The molecule has 0 aliphatic rings. The lowest BCUT2D eigenvalue weighted by atomic mass is 10.1. The van der Waals surface area contributed by atoms with Crippen molar-refractivity contribution in [2.45, 2.75) is 44.9 Å². The third-order valence-electron chi connectivity index (χ3n) is 2.71. The second-order valence-corrected chi connectivity index (χ2v) is 6.10. The van der Waals surface area contributed by atoms with Gasteiger partial charge in [-0.05, 0) is 19.8 Å². The Kier molecular flexibility index (Phi) is 4.91. The monoisotopic (exact) mass is 303 g/mol. The average molecular weight is 303 g/mol.